The molecule has 3 heterocycles. The number of hydrogen-bond donors (Lipinski definition) is 2. The fraction of sp³-hybridized carbons (Fsp3) is 0.571. The molecule has 1 aromatic rings. The zero-order valence-electron chi connectivity index (χ0n) is 13.5. The van der Waals surface area contributed by atoms with Gasteiger partial charge in [-0.05, 0) is 36.7 Å². The molecule has 0 radical (unpaired) electrons. The van der Waals surface area contributed by atoms with E-state index in [2.05, 4.69) is 26.3 Å². The number of ether oxygens (including phenoxy) is 1. The highest BCUT2D eigenvalue weighted by Gasteiger charge is 2.58. The van der Waals surface area contributed by atoms with Crippen molar-refractivity contribution >= 4 is 39.7 Å². The molecule has 1 fully saturated rings. The van der Waals surface area contributed by atoms with Gasteiger partial charge in [-0.25, -0.2) is 9.48 Å². The minimum Gasteiger partial charge on any atom is -0.444 e. The van der Waals surface area contributed by atoms with Gasteiger partial charge in [-0.1, -0.05) is 0 Å². The summed E-state index contributed by atoms with van der Waals surface area (Å²) in [6.07, 6.45) is -0.634. The van der Waals surface area contributed by atoms with Crippen LogP contribution in [-0.4, -0.2) is 50.8 Å². The van der Waals surface area contributed by atoms with Gasteiger partial charge in [0, 0.05) is 12.5 Å². The highest BCUT2D eigenvalue weighted by molar-refractivity contribution is 9.10. The van der Waals surface area contributed by atoms with Crippen molar-refractivity contribution in [2.24, 2.45) is 5.73 Å². The predicted molar refractivity (Wildman–Crippen MR) is 87.1 cm³/mol. The number of anilines is 1. The summed E-state index contributed by atoms with van der Waals surface area (Å²) in [6.45, 7) is 5.13. The van der Waals surface area contributed by atoms with E-state index < -0.39 is 29.2 Å². The Bertz CT molecular complexity index is 740. The number of nitrogens with zero attached hydrogens (tertiary/aromatic N) is 3. The molecule has 24 heavy (non-hydrogen) atoms. The van der Waals surface area contributed by atoms with Crippen LogP contribution in [-0.2, 0) is 19.9 Å². The van der Waals surface area contributed by atoms with Gasteiger partial charge in [0.2, 0.25) is 5.91 Å². The normalized spacial score (nSPS) is 25.8. The summed E-state index contributed by atoms with van der Waals surface area (Å²) >= 11 is 3.26. The number of carbonyl (C=O) groups is 3. The minimum absolute atomic E-state index is 0.0392. The van der Waals surface area contributed by atoms with Crippen molar-refractivity contribution in [1.29, 1.82) is 0 Å². The van der Waals surface area contributed by atoms with Gasteiger partial charge >= 0.3 is 6.09 Å². The molecule has 3 rings (SSSR count). The van der Waals surface area contributed by atoms with E-state index in [0.717, 1.165) is 0 Å². The molecule has 2 atom stereocenters. The van der Waals surface area contributed by atoms with Crippen LogP contribution < -0.4 is 11.1 Å². The number of aromatic nitrogens is 2. The van der Waals surface area contributed by atoms with Crippen LogP contribution in [0.4, 0.5) is 10.6 Å². The molecule has 2 aliphatic heterocycles. The first-order valence-corrected chi connectivity index (χ1v) is 8.19. The topological polar surface area (TPSA) is 120 Å². The predicted octanol–water partition coefficient (Wildman–Crippen LogP) is 0.788. The summed E-state index contributed by atoms with van der Waals surface area (Å²) in [4.78, 5) is 38.1. The maximum absolute atomic E-state index is 12.5. The Morgan fingerprint density at radius 1 is 1.50 bits per heavy atom. The van der Waals surface area contributed by atoms with E-state index in [4.69, 9.17) is 10.5 Å². The third kappa shape index (κ3) is 2.54. The minimum atomic E-state index is -1.17. The lowest BCUT2D eigenvalue weighted by molar-refractivity contribution is -0.123. The zero-order chi connectivity index (χ0) is 17.9. The van der Waals surface area contributed by atoms with Crippen LogP contribution in [0.25, 0.3) is 0 Å². The van der Waals surface area contributed by atoms with Gasteiger partial charge in [0.25, 0.3) is 5.91 Å². The molecule has 9 nitrogen and oxygen atoms in total. The molecule has 0 bridgehead atoms. The second-order valence-electron chi connectivity index (χ2n) is 6.98. The molecule has 10 heteroatoms. The van der Waals surface area contributed by atoms with Crippen LogP contribution in [0.2, 0.25) is 0 Å². The van der Waals surface area contributed by atoms with Gasteiger partial charge in [-0.2, -0.15) is 5.10 Å². The van der Waals surface area contributed by atoms with Crippen molar-refractivity contribution in [2.75, 3.05) is 11.9 Å². The first-order chi connectivity index (χ1) is 11.0. The van der Waals surface area contributed by atoms with Crippen LogP contribution in [0.3, 0.4) is 0 Å². The maximum atomic E-state index is 12.5. The van der Waals surface area contributed by atoms with Crippen molar-refractivity contribution in [2.45, 2.75) is 44.4 Å². The Morgan fingerprint density at radius 2 is 2.17 bits per heavy atom. The van der Waals surface area contributed by atoms with Crippen molar-refractivity contribution in [3.05, 3.63) is 10.7 Å². The molecule has 0 saturated carbocycles. The molecule has 1 saturated heterocycles. The molecular weight excluding hydrogens is 382 g/mol. The number of primary amides is 1. The van der Waals surface area contributed by atoms with E-state index in [1.807, 2.05) is 0 Å². The van der Waals surface area contributed by atoms with E-state index in [1.165, 1.54) is 9.58 Å². The number of amides is 3. The van der Waals surface area contributed by atoms with E-state index in [-0.39, 0.29) is 18.9 Å². The van der Waals surface area contributed by atoms with E-state index in [1.54, 1.807) is 26.8 Å². The highest BCUT2D eigenvalue weighted by Crippen LogP contribution is 2.41. The summed E-state index contributed by atoms with van der Waals surface area (Å²) in [5.74, 6) is -0.513. The number of hydrogen-bond acceptors (Lipinski definition) is 5. The monoisotopic (exact) mass is 399 g/mol. The van der Waals surface area contributed by atoms with E-state index >= 15 is 0 Å². The lowest BCUT2D eigenvalue weighted by atomic mass is 9.96. The Labute approximate surface area is 146 Å². The maximum Gasteiger partial charge on any atom is 0.411 e. The van der Waals surface area contributed by atoms with Crippen molar-refractivity contribution < 1.29 is 19.1 Å². The zero-order valence-corrected chi connectivity index (χ0v) is 15.1. The molecule has 130 valence electrons. The van der Waals surface area contributed by atoms with Crippen LogP contribution in [0.5, 0.6) is 0 Å². The third-order valence-electron chi connectivity index (χ3n) is 4.04. The highest BCUT2D eigenvalue weighted by atomic mass is 79.9. The van der Waals surface area contributed by atoms with Crippen LogP contribution >= 0.6 is 15.9 Å². The summed E-state index contributed by atoms with van der Waals surface area (Å²) in [6, 6.07) is 0.710. The molecular formula is C14H18BrN5O4. The molecule has 3 N–H and O–H groups in total. The van der Waals surface area contributed by atoms with Crippen molar-refractivity contribution in [3.8, 4) is 0 Å². The second kappa shape index (κ2) is 5.20. The summed E-state index contributed by atoms with van der Waals surface area (Å²) in [5, 5.41) is 6.98. The summed E-state index contributed by atoms with van der Waals surface area (Å²) in [5.41, 5.74) is 3.55. The number of nitrogens with two attached hydrogens (primary N) is 1. The lowest BCUT2D eigenvalue weighted by Crippen LogP contribution is -2.47. The van der Waals surface area contributed by atoms with Crippen LogP contribution in [0.1, 0.15) is 27.2 Å². The average molecular weight is 400 g/mol. The molecule has 0 aliphatic carbocycles. The Balaban J connectivity index is 1.97. The van der Waals surface area contributed by atoms with Gasteiger partial charge in [0.05, 0.1) is 6.54 Å². The fourth-order valence-electron chi connectivity index (χ4n) is 3.07. The van der Waals surface area contributed by atoms with Gasteiger partial charge in [0.1, 0.15) is 22.1 Å². The van der Waals surface area contributed by atoms with Crippen molar-refractivity contribution in [1.82, 2.24) is 14.7 Å². The quantitative estimate of drug-likeness (QED) is 0.722. The number of nitrogens with one attached hydrogen (secondary N) is 1. The molecule has 3 amide bonds. The third-order valence-corrected chi connectivity index (χ3v) is 4.43. The van der Waals surface area contributed by atoms with Crippen LogP contribution in [0, 0.1) is 0 Å². The standard InChI is InChI=1S/C14H18BrN5O4/c1-13(2,3)24-12(23)19-6-14(5-7(19)10(16)21)11(22)17-9-4-8(15)18-20(9)14/h4,7H,5-6H2,1-3H3,(H2,16,21)(H,17,22)/t7-,14+/m0/s1. The first kappa shape index (κ1) is 16.7. The smallest absolute Gasteiger partial charge is 0.411 e. The number of fused-ring (bicyclic) bond motifs is 2. The average Bonchev–Trinajstić information content (AvgIpc) is 3.04. The largest absolute Gasteiger partial charge is 0.444 e. The van der Waals surface area contributed by atoms with Crippen molar-refractivity contribution in [3.63, 3.8) is 0 Å². The lowest BCUT2D eigenvalue weighted by Gasteiger charge is -2.27. The van der Waals surface area contributed by atoms with Crippen LogP contribution in [0.15, 0.2) is 10.7 Å². The van der Waals surface area contributed by atoms with E-state index in [9.17, 15) is 14.4 Å². The molecule has 1 spiro atoms. The number of halogens is 1. The van der Waals surface area contributed by atoms with E-state index in [0.29, 0.717) is 10.4 Å². The molecule has 1 aromatic heterocycles. The number of carbonyl (C=O) groups excluding carboxylic acids is 3. The Hall–Kier alpha value is -2.10. The van der Waals surface area contributed by atoms with Gasteiger partial charge < -0.3 is 15.8 Å². The van der Waals surface area contributed by atoms with Gasteiger partial charge in [-0.15, -0.1) is 0 Å². The fourth-order valence-corrected chi connectivity index (χ4v) is 3.44. The summed E-state index contributed by atoms with van der Waals surface area (Å²) < 4.78 is 7.39. The van der Waals surface area contributed by atoms with Gasteiger partial charge in [0.15, 0.2) is 5.54 Å². The molecule has 2 aliphatic rings. The van der Waals surface area contributed by atoms with Gasteiger partial charge in [-0.3, -0.25) is 14.5 Å². The number of likely N-dealkylation sites (tertiary alicyclic amines) is 1. The SMILES string of the molecule is CC(C)(C)OC(=O)N1C[C@]2(C[C@H]1C(N)=O)C(=O)Nc1cc(Br)nn12. The summed E-state index contributed by atoms with van der Waals surface area (Å²) in [7, 11) is 0. The second-order valence-corrected chi connectivity index (χ2v) is 7.79. The molecule has 0 aromatic carbocycles. The first-order valence-electron chi connectivity index (χ1n) is 7.40. The Morgan fingerprint density at radius 3 is 2.75 bits per heavy atom. The number of rotatable bonds is 1. The molecule has 0 unspecified atom stereocenters. The Kier molecular flexibility index (Phi) is 3.63.